The summed E-state index contributed by atoms with van der Waals surface area (Å²) in [6, 6.07) is 20.2. The smallest absolute Gasteiger partial charge is 0.189 e. The Hall–Kier alpha value is -1.76. The van der Waals surface area contributed by atoms with Crippen LogP contribution in [0.2, 0.25) is 0 Å². The van der Waals surface area contributed by atoms with Crippen LogP contribution < -0.4 is 0 Å². The molecule has 6 atom stereocenters. The van der Waals surface area contributed by atoms with Crippen molar-refractivity contribution in [1.82, 2.24) is 0 Å². The Labute approximate surface area is 160 Å². The first-order valence-corrected chi connectivity index (χ1v) is 9.48. The summed E-state index contributed by atoms with van der Waals surface area (Å²) in [4.78, 5) is 0. The predicted octanol–water partition coefficient (Wildman–Crippen LogP) is 3.66. The minimum Gasteiger partial charge on any atom is -0.368 e. The minimum absolute atomic E-state index is 0.162. The molecule has 2 fully saturated rings. The number of benzene rings is 2. The first-order valence-electron chi connectivity index (χ1n) is 9.48. The van der Waals surface area contributed by atoms with Gasteiger partial charge in [0.15, 0.2) is 12.6 Å². The lowest BCUT2D eigenvalue weighted by Crippen LogP contribution is -2.57. The van der Waals surface area contributed by atoms with Gasteiger partial charge in [-0.3, -0.25) is 0 Å². The second-order valence-electron chi connectivity index (χ2n) is 7.04. The molecule has 3 unspecified atom stereocenters. The first kappa shape index (κ1) is 18.6. The largest absolute Gasteiger partial charge is 0.368 e. The Bertz CT molecular complexity index is 707. The molecule has 0 saturated carbocycles. The summed E-state index contributed by atoms with van der Waals surface area (Å²) in [5, 5.41) is 0. The fraction of sp³-hybridized carbons (Fsp3) is 0.455. The average molecular weight is 370 g/mol. The zero-order valence-electron chi connectivity index (χ0n) is 15.7. The maximum absolute atomic E-state index is 6.29. The van der Waals surface area contributed by atoms with Gasteiger partial charge in [-0.1, -0.05) is 60.7 Å². The van der Waals surface area contributed by atoms with Crippen LogP contribution in [-0.4, -0.2) is 37.0 Å². The standard InChI is InChI=1S/C22H26O5/c1-15-19(23-13-17-9-5-3-6-10-17)20(21-22(25-15)27-16(2)26-21)24-14-18-11-7-4-8-12-18/h3-12,15-16,19-22H,13-14H2,1-2H3/t15?,16?,19-,20-,21?,22+/m0/s1. The van der Waals surface area contributed by atoms with E-state index in [9.17, 15) is 0 Å². The van der Waals surface area contributed by atoms with Crippen LogP contribution in [-0.2, 0) is 36.9 Å². The van der Waals surface area contributed by atoms with Gasteiger partial charge in [0.25, 0.3) is 0 Å². The molecule has 0 radical (unpaired) electrons. The summed E-state index contributed by atoms with van der Waals surface area (Å²) in [5.74, 6) is 0. The van der Waals surface area contributed by atoms with Gasteiger partial charge in [0, 0.05) is 0 Å². The molecule has 2 aromatic carbocycles. The van der Waals surface area contributed by atoms with Crippen LogP contribution in [0.25, 0.3) is 0 Å². The molecule has 0 bridgehead atoms. The van der Waals surface area contributed by atoms with Gasteiger partial charge in [0.1, 0.15) is 18.3 Å². The van der Waals surface area contributed by atoms with E-state index in [0.29, 0.717) is 13.2 Å². The maximum Gasteiger partial charge on any atom is 0.189 e. The van der Waals surface area contributed by atoms with Crippen molar-refractivity contribution in [2.24, 2.45) is 0 Å². The number of hydrogen-bond acceptors (Lipinski definition) is 5. The van der Waals surface area contributed by atoms with Gasteiger partial charge in [0.05, 0.1) is 19.3 Å². The molecule has 2 heterocycles. The summed E-state index contributed by atoms with van der Waals surface area (Å²) in [6.07, 6.45) is -1.72. The third kappa shape index (κ3) is 4.39. The number of ether oxygens (including phenoxy) is 5. The van der Waals surface area contributed by atoms with Crippen LogP contribution in [0.1, 0.15) is 25.0 Å². The first-order chi connectivity index (χ1) is 13.2. The summed E-state index contributed by atoms with van der Waals surface area (Å²) in [5.41, 5.74) is 2.23. The van der Waals surface area contributed by atoms with Gasteiger partial charge in [-0.2, -0.15) is 0 Å². The molecule has 2 aromatic rings. The van der Waals surface area contributed by atoms with Gasteiger partial charge in [0.2, 0.25) is 0 Å². The molecule has 0 spiro atoms. The van der Waals surface area contributed by atoms with Gasteiger partial charge < -0.3 is 23.7 Å². The Balaban J connectivity index is 1.48. The molecular weight excluding hydrogens is 344 g/mol. The molecule has 0 amide bonds. The molecule has 2 saturated heterocycles. The van der Waals surface area contributed by atoms with Crippen LogP contribution >= 0.6 is 0 Å². The summed E-state index contributed by atoms with van der Waals surface area (Å²) in [6.45, 7) is 4.86. The monoisotopic (exact) mass is 370 g/mol. The number of fused-ring (bicyclic) bond motifs is 1. The lowest BCUT2D eigenvalue weighted by atomic mass is 9.99. The highest BCUT2D eigenvalue weighted by molar-refractivity contribution is 5.14. The van der Waals surface area contributed by atoms with Crippen molar-refractivity contribution in [2.75, 3.05) is 0 Å². The molecule has 5 nitrogen and oxygen atoms in total. The van der Waals surface area contributed by atoms with Crippen molar-refractivity contribution in [3.63, 3.8) is 0 Å². The molecule has 0 aromatic heterocycles. The fourth-order valence-corrected chi connectivity index (χ4v) is 3.62. The molecule has 0 N–H and O–H groups in total. The molecule has 4 rings (SSSR count). The van der Waals surface area contributed by atoms with E-state index in [2.05, 4.69) is 12.1 Å². The topological polar surface area (TPSA) is 46.2 Å². The number of hydrogen-bond donors (Lipinski definition) is 0. The Morgan fingerprint density at radius 1 is 0.704 bits per heavy atom. The van der Waals surface area contributed by atoms with Crippen LogP contribution in [0.3, 0.4) is 0 Å². The lowest BCUT2D eigenvalue weighted by molar-refractivity contribution is -0.265. The van der Waals surface area contributed by atoms with Crippen LogP contribution in [0.15, 0.2) is 60.7 Å². The molecule has 144 valence electrons. The molecule has 5 heteroatoms. The van der Waals surface area contributed by atoms with Crippen molar-refractivity contribution in [3.05, 3.63) is 71.8 Å². The van der Waals surface area contributed by atoms with E-state index in [1.807, 2.05) is 62.4 Å². The second kappa shape index (κ2) is 8.50. The van der Waals surface area contributed by atoms with Crippen LogP contribution in [0, 0.1) is 0 Å². The highest BCUT2D eigenvalue weighted by Gasteiger charge is 2.51. The van der Waals surface area contributed by atoms with E-state index in [1.165, 1.54) is 0 Å². The normalized spacial score (nSPS) is 33.0. The SMILES string of the molecule is CC1OC2[C@@H](O1)OC(C)[C@H](OCc1ccccc1)[C@@H]2OCc1ccccc1. The van der Waals surface area contributed by atoms with Crippen molar-refractivity contribution >= 4 is 0 Å². The van der Waals surface area contributed by atoms with Crippen molar-refractivity contribution in [2.45, 2.75) is 64.1 Å². The zero-order valence-corrected chi connectivity index (χ0v) is 15.7. The summed E-state index contributed by atoms with van der Waals surface area (Å²) < 4.78 is 30.2. The van der Waals surface area contributed by atoms with Gasteiger partial charge in [-0.15, -0.1) is 0 Å². The second-order valence-corrected chi connectivity index (χ2v) is 7.04. The fourth-order valence-electron chi connectivity index (χ4n) is 3.62. The van der Waals surface area contributed by atoms with Crippen molar-refractivity contribution in [3.8, 4) is 0 Å². The highest BCUT2D eigenvalue weighted by Crippen LogP contribution is 2.34. The third-order valence-electron chi connectivity index (χ3n) is 4.97. The van der Waals surface area contributed by atoms with E-state index < -0.39 is 6.29 Å². The molecular formula is C22H26O5. The Kier molecular flexibility index (Phi) is 5.86. The quantitative estimate of drug-likeness (QED) is 0.777. The number of rotatable bonds is 6. The van der Waals surface area contributed by atoms with Gasteiger partial charge in [-0.25, -0.2) is 0 Å². The van der Waals surface area contributed by atoms with E-state index in [0.717, 1.165) is 11.1 Å². The molecule has 27 heavy (non-hydrogen) atoms. The van der Waals surface area contributed by atoms with E-state index in [1.54, 1.807) is 0 Å². The maximum atomic E-state index is 6.29. The lowest BCUT2D eigenvalue weighted by Gasteiger charge is -2.41. The van der Waals surface area contributed by atoms with E-state index in [-0.39, 0.29) is 30.7 Å². The molecule has 0 aliphatic carbocycles. The van der Waals surface area contributed by atoms with Crippen molar-refractivity contribution in [1.29, 1.82) is 0 Å². The van der Waals surface area contributed by atoms with Gasteiger partial charge >= 0.3 is 0 Å². The summed E-state index contributed by atoms with van der Waals surface area (Å²) >= 11 is 0. The average Bonchev–Trinajstić information content (AvgIpc) is 3.06. The third-order valence-corrected chi connectivity index (χ3v) is 4.97. The molecule has 2 aliphatic heterocycles. The Morgan fingerprint density at radius 3 is 1.85 bits per heavy atom. The van der Waals surface area contributed by atoms with Crippen molar-refractivity contribution < 1.29 is 23.7 Å². The van der Waals surface area contributed by atoms with E-state index in [4.69, 9.17) is 23.7 Å². The Morgan fingerprint density at radius 2 is 1.26 bits per heavy atom. The predicted molar refractivity (Wildman–Crippen MR) is 99.8 cm³/mol. The van der Waals surface area contributed by atoms with Gasteiger partial charge in [-0.05, 0) is 25.0 Å². The van der Waals surface area contributed by atoms with Crippen LogP contribution in [0.5, 0.6) is 0 Å². The summed E-state index contributed by atoms with van der Waals surface area (Å²) in [7, 11) is 0. The minimum atomic E-state index is -0.424. The van der Waals surface area contributed by atoms with Crippen LogP contribution in [0.4, 0.5) is 0 Å². The zero-order chi connectivity index (χ0) is 18.6. The van der Waals surface area contributed by atoms with E-state index >= 15 is 0 Å². The molecule has 2 aliphatic rings. The highest BCUT2D eigenvalue weighted by atomic mass is 16.8.